The lowest BCUT2D eigenvalue weighted by molar-refractivity contribution is -0.275. The molecule has 3 heterocycles. The predicted octanol–water partition coefficient (Wildman–Crippen LogP) is 4.23. The van der Waals surface area contributed by atoms with Crippen molar-refractivity contribution < 1.29 is 32.4 Å². The molecule has 7 nitrogen and oxygen atoms in total. The van der Waals surface area contributed by atoms with Gasteiger partial charge >= 0.3 is 6.18 Å². The fourth-order valence-corrected chi connectivity index (χ4v) is 4.75. The number of nitrogens with zero attached hydrogens (tertiary/aromatic N) is 3. The predicted molar refractivity (Wildman–Crippen MR) is 117 cm³/mol. The first kappa shape index (κ1) is 24.3. The first-order valence-electron chi connectivity index (χ1n) is 11.2. The summed E-state index contributed by atoms with van der Waals surface area (Å²) in [7, 11) is 0. The van der Waals surface area contributed by atoms with Crippen LogP contribution in [0.1, 0.15) is 55.2 Å². The van der Waals surface area contributed by atoms with Gasteiger partial charge in [-0.25, -0.2) is 0 Å². The number of alkyl halides is 3. The van der Waals surface area contributed by atoms with Crippen molar-refractivity contribution in [3.63, 3.8) is 0 Å². The normalized spacial score (nSPS) is 26.0. The molecule has 4 rings (SSSR count). The van der Waals surface area contributed by atoms with Gasteiger partial charge in [0.15, 0.2) is 0 Å². The largest absolute Gasteiger partial charge is 0.435 e. The molecule has 1 N–H and O–H groups in total. The molecule has 2 aliphatic heterocycles. The highest BCUT2D eigenvalue weighted by Gasteiger charge is 2.63. The van der Waals surface area contributed by atoms with E-state index in [0.29, 0.717) is 11.5 Å². The number of carbonyl (C=O) groups is 1. The summed E-state index contributed by atoms with van der Waals surface area (Å²) in [4.78, 5) is 20.1. The highest BCUT2D eigenvalue weighted by Crippen LogP contribution is 2.49. The molecular formula is C24H28F3N3O4. The molecule has 0 aliphatic carbocycles. The van der Waals surface area contributed by atoms with Crippen LogP contribution in [0.4, 0.5) is 13.2 Å². The average Bonchev–Trinajstić information content (AvgIpc) is 3.46. The van der Waals surface area contributed by atoms with Crippen molar-refractivity contribution in [1.29, 1.82) is 0 Å². The minimum Gasteiger partial charge on any atom is -0.391 e. The van der Waals surface area contributed by atoms with Crippen molar-refractivity contribution in [3.8, 4) is 0 Å². The average molecular weight is 479 g/mol. The number of amides is 1. The van der Waals surface area contributed by atoms with E-state index in [1.54, 1.807) is 32.0 Å². The van der Waals surface area contributed by atoms with Crippen LogP contribution in [-0.4, -0.2) is 51.6 Å². The maximum Gasteiger partial charge on any atom is 0.435 e. The van der Waals surface area contributed by atoms with Crippen molar-refractivity contribution in [2.24, 2.45) is 11.1 Å². The number of rotatable bonds is 5. The molecule has 0 spiro atoms. The monoisotopic (exact) mass is 479 g/mol. The van der Waals surface area contributed by atoms with E-state index in [2.05, 4.69) is 10.3 Å². The molecule has 1 unspecified atom stereocenters. The summed E-state index contributed by atoms with van der Waals surface area (Å²) in [5, 5.41) is 18.1. The quantitative estimate of drug-likeness (QED) is 0.694. The van der Waals surface area contributed by atoms with E-state index in [9.17, 15) is 23.1 Å². The molecule has 1 aromatic heterocycles. The highest BCUT2D eigenvalue weighted by atomic mass is 19.4. The molecule has 2 aromatic rings. The van der Waals surface area contributed by atoms with E-state index in [1.165, 1.54) is 17.0 Å². The molecule has 0 radical (unpaired) electrons. The number of aryl methyl sites for hydroxylation is 2. The zero-order valence-corrected chi connectivity index (χ0v) is 19.5. The van der Waals surface area contributed by atoms with Crippen LogP contribution in [0.15, 0.2) is 40.0 Å². The molecule has 4 atom stereocenters. The van der Waals surface area contributed by atoms with Crippen molar-refractivity contribution in [2.75, 3.05) is 6.54 Å². The molecule has 10 heteroatoms. The molecule has 1 fully saturated rings. The van der Waals surface area contributed by atoms with Crippen LogP contribution in [0.5, 0.6) is 0 Å². The van der Waals surface area contributed by atoms with Crippen LogP contribution in [0.3, 0.4) is 0 Å². The summed E-state index contributed by atoms with van der Waals surface area (Å²) >= 11 is 0. The molecular weight excluding hydrogens is 451 g/mol. The zero-order valence-electron chi connectivity index (χ0n) is 19.5. The Morgan fingerprint density at radius 1 is 1.24 bits per heavy atom. The van der Waals surface area contributed by atoms with Crippen LogP contribution in [0, 0.1) is 19.8 Å². The van der Waals surface area contributed by atoms with Gasteiger partial charge < -0.3 is 19.4 Å². The number of oxime groups is 1. The Balaban J connectivity index is 1.64. The highest BCUT2D eigenvalue weighted by molar-refractivity contribution is 5.96. The minimum atomic E-state index is -4.74. The fourth-order valence-electron chi connectivity index (χ4n) is 4.75. The van der Waals surface area contributed by atoms with E-state index in [1.807, 2.05) is 13.8 Å². The first-order valence-corrected chi connectivity index (χ1v) is 11.2. The number of halogens is 3. The van der Waals surface area contributed by atoms with Gasteiger partial charge in [0.05, 0.1) is 23.6 Å². The lowest BCUT2D eigenvalue weighted by Crippen LogP contribution is -2.47. The first-order chi connectivity index (χ1) is 15.9. The van der Waals surface area contributed by atoms with E-state index in [0.717, 1.165) is 5.56 Å². The number of aliphatic hydroxyl groups excluding tert-OH is 1. The number of benzene rings is 1. The Labute approximate surface area is 195 Å². The van der Waals surface area contributed by atoms with Gasteiger partial charge in [-0.05, 0) is 19.8 Å². The minimum absolute atomic E-state index is 0.0115. The summed E-state index contributed by atoms with van der Waals surface area (Å²) < 4.78 is 48.3. The van der Waals surface area contributed by atoms with Crippen molar-refractivity contribution in [1.82, 2.24) is 10.1 Å². The summed E-state index contributed by atoms with van der Waals surface area (Å²) in [6, 6.07) is 6.80. The number of hydrogen-bond acceptors (Lipinski definition) is 6. The Kier molecular flexibility index (Phi) is 6.22. The van der Waals surface area contributed by atoms with Crippen molar-refractivity contribution in [3.05, 3.63) is 52.9 Å². The molecule has 1 aromatic carbocycles. The van der Waals surface area contributed by atoms with Crippen LogP contribution in [0.25, 0.3) is 0 Å². The standard InChI is InChI=1S/C24H28F3N3O4/c1-13(2)21(20-9-15(4)28-33-20)22(32)30-12-17(31)10-19(30)18-11-23(34-29-18,24(25,26)27)16-7-5-14(3)6-8-16/h5-9,13,17,19,21,31H,10-12H2,1-4H3/t17-,19+,21+,23?/m1/s1. The maximum atomic E-state index is 14.3. The Bertz CT molecular complexity index is 1080. The molecule has 184 valence electrons. The number of likely N-dealkylation sites (tertiary alicyclic amines) is 1. The second kappa shape index (κ2) is 8.72. The molecule has 0 saturated carbocycles. The number of aliphatic hydroxyl groups is 1. The molecule has 34 heavy (non-hydrogen) atoms. The Morgan fingerprint density at radius 2 is 1.91 bits per heavy atom. The maximum absolute atomic E-state index is 14.3. The second-order valence-electron chi connectivity index (χ2n) is 9.53. The third-order valence-corrected chi connectivity index (χ3v) is 6.56. The smallest absolute Gasteiger partial charge is 0.391 e. The number of carbonyl (C=O) groups excluding carboxylic acids is 1. The van der Waals surface area contributed by atoms with Gasteiger partial charge in [-0.1, -0.05) is 54.0 Å². The van der Waals surface area contributed by atoms with E-state index >= 15 is 0 Å². The summed E-state index contributed by atoms with van der Waals surface area (Å²) in [6.07, 6.45) is -6.11. The molecule has 2 aliphatic rings. The number of aromatic nitrogens is 1. The van der Waals surface area contributed by atoms with Crippen LogP contribution >= 0.6 is 0 Å². The summed E-state index contributed by atoms with van der Waals surface area (Å²) in [5.41, 5.74) is -1.18. The molecule has 0 bridgehead atoms. The van der Waals surface area contributed by atoms with E-state index in [-0.39, 0.29) is 36.1 Å². The third-order valence-electron chi connectivity index (χ3n) is 6.56. The molecule has 1 amide bonds. The van der Waals surface area contributed by atoms with E-state index in [4.69, 9.17) is 9.36 Å². The topological polar surface area (TPSA) is 88.2 Å². The second-order valence-corrected chi connectivity index (χ2v) is 9.53. The van der Waals surface area contributed by atoms with E-state index < -0.39 is 36.3 Å². The molecule has 1 saturated heterocycles. The van der Waals surface area contributed by atoms with Crippen LogP contribution < -0.4 is 0 Å². The third kappa shape index (κ3) is 4.19. The Morgan fingerprint density at radius 3 is 2.47 bits per heavy atom. The zero-order chi connectivity index (χ0) is 24.8. The van der Waals surface area contributed by atoms with Crippen molar-refractivity contribution >= 4 is 11.6 Å². The van der Waals surface area contributed by atoms with Gasteiger partial charge in [0.2, 0.25) is 5.91 Å². The SMILES string of the molecule is Cc1ccc(C2(C(F)(F)F)CC([C@@H]3C[C@@H](O)CN3C(=O)[C@H](c3cc(C)no3)C(C)C)=NO2)cc1. The van der Waals surface area contributed by atoms with Gasteiger partial charge in [-0.2, -0.15) is 13.2 Å². The lowest BCUT2D eigenvalue weighted by atomic mass is 9.85. The lowest BCUT2D eigenvalue weighted by Gasteiger charge is -2.31. The Hall–Kier alpha value is -2.88. The van der Waals surface area contributed by atoms with Gasteiger partial charge in [-0.15, -0.1) is 0 Å². The summed E-state index contributed by atoms with van der Waals surface area (Å²) in [6.45, 7) is 7.21. The van der Waals surface area contributed by atoms with Crippen LogP contribution in [0.2, 0.25) is 0 Å². The van der Waals surface area contributed by atoms with Gasteiger partial charge in [0, 0.05) is 31.0 Å². The van der Waals surface area contributed by atoms with Crippen molar-refractivity contribution in [2.45, 2.75) is 70.4 Å². The van der Waals surface area contributed by atoms with Gasteiger partial charge in [0.1, 0.15) is 11.7 Å². The number of β-amino-alcohol motifs (C(OH)–C–C–N with tert-alkyl or cyclic N) is 1. The van der Waals surface area contributed by atoms with Gasteiger partial charge in [-0.3, -0.25) is 4.79 Å². The summed E-state index contributed by atoms with van der Waals surface area (Å²) in [5.74, 6) is -0.829. The van der Waals surface area contributed by atoms with Gasteiger partial charge in [0.25, 0.3) is 5.60 Å². The fraction of sp³-hybridized carbons (Fsp3) is 0.542. The number of hydrogen-bond donors (Lipinski definition) is 1. The van der Waals surface area contributed by atoms with Crippen LogP contribution in [-0.2, 0) is 15.2 Å².